The van der Waals surface area contributed by atoms with E-state index in [4.69, 9.17) is 10.00 Å². The molecule has 2 aliphatic heterocycles. The van der Waals surface area contributed by atoms with Crippen LogP contribution in [0.1, 0.15) is 43.1 Å². The number of nitriles is 1. The molecule has 2 fully saturated rings. The molecule has 0 spiro atoms. The normalized spacial score (nSPS) is 20.2. The Morgan fingerprint density at radius 3 is 2.74 bits per heavy atom. The number of hydrogen-bond acceptors (Lipinski definition) is 7. The number of benzene rings is 2. The number of nitrogens with one attached hydrogen (secondary N) is 2. The molecule has 0 amide bonds. The lowest BCUT2D eigenvalue weighted by Crippen LogP contribution is -2.60. The second kappa shape index (κ2) is 12.7. The summed E-state index contributed by atoms with van der Waals surface area (Å²) in [5.74, 6) is 0.676. The second-order valence-electron chi connectivity index (χ2n) is 9.91. The Bertz CT molecular complexity index is 1330. The van der Waals surface area contributed by atoms with Gasteiger partial charge in [0.1, 0.15) is 11.4 Å². The summed E-state index contributed by atoms with van der Waals surface area (Å²) in [6, 6.07) is 19.7. The van der Waals surface area contributed by atoms with Crippen LogP contribution in [0.25, 0.3) is 22.0 Å². The van der Waals surface area contributed by atoms with Gasteiger partial charge in [0.25, 0.3) is 0 Å². The number of pyridine rings is 1. The molecule has 2 aromatic carbocycles. The van der Waals surface area contributed by atoms with Crippen LogP contribution in [0.2, 0.25) is 0 Å². The first kappa shape index (κ1) is 27.3. The van der Waals surface area contributed by atoms with Gasteiger partial charge in [0, 0.05) is 47.7 Å². The number of anilines is 1. The van der Waals surface area contributed by atoms with Gasteiger partial charge in [-0.3, -0.25) is 9.69 Å². The molecule has 7 nitrogen and oxygen atoms in total. The zero-order valence-corrected chi connectivity index (χ0v) is 22.5. The monoisotopic (exact) mass is 511 g/mol. The predicted molar refractivity (Wildman–Crippen MR) is 154 cm³/mol. The number of methoxy groups -OCH3 is 1. The van der Waals surface area contributed by atoms with Gasteiger partial charge in [0.05, 0.1) is 24.6 Å². The molecular formula is C31H37N5O2. The third-order valence-electron chi connectivity index (χ3n) is 7.68. The van der Waals surface area contributed by atoms with Gasteiger partial charge in [-0.15, -0.1) is 0 Å². The number of piperidine rings is 1. The Hall–Kier alpha value is -3.73. The van der Waals surface area contributed by atoms with Crippen molar-refractivity contribution in [3.63, 3.8) is 0 Å². The fourth-order valence-electron chi connectivity index (χ4n) is 5.44. The Morgan fingerprint density at radius 2 is 2.08 bits per heavy atom. The van der Waals surface area contributed by atoms with Crippen LogP contribution in [0.3, 0.4) is 0 Å². The fraction of sp³-hybridized carbons (Fsp3) is 0.387. The van der Waals surface area contributed by atoms with Gasteiger partial charge in [0.2, 0.25) is 0 Å². The standard InChI is InChI=1S/C21H17N3O2.C10H20N2/c1-14(11-22)12-23-21-18-10-16(19-5-3-4-17(13-25)24-19)7-6-15(18)8-9-20(21)26-2;1-3-9-6-8(11-2)7-10-4-5-12(9)10/h3-10,13,23H,1,12H2,2H3;8-11H,3-7H2,1-2H3. The average Bonchev–Trinajstić information content (AvgIpc) is 2.96. The summed E-state index contributed by atoms with van der Waals surface area (Å²) in [6.45, 7) is 7.71. The Morgan fingerprint density at radius 1 is 1.26 bits per heavy atom. The Balaban J connectivity index is 0.000000232. The highest BCUT2D eigenvalue weighted by molar-refractivity contribution is 5.99. The summed E-state index contributed by atoms with van der Waals surface area (Å²) in [6.07, 6.45) is 6.24. The van der Waals surface area contributed by atoms with E-state index in [0.29, 0.717) is 29.3 Å². The van der Waals surface area contributed by atoms with E-state index in [9.17, 15) is 4.79 Å². The summed E-state index contributed by atoms with van der Waals surface area (Å²) < 4.78 is 5.46. The minimum Gasteiger partial charge on any atom is -0.495 e. The van der Waals surface area contributed by atoms with Gasteiger partial charge in [-0.1, -0.05) is 37.8 Å². The van der Waals surface area contributed by atoms with Crippen molar-refractivity contribution in [3.05, 3.63) is 66.4 Å². The van der Waals surface area contributed by atoms with Crippen molar-refractivity contribution in [1.82, 2.24) is 15.2 Å². The van der Waals surface area contributed by atoms with Gasteiger partial charge in [0.15, 0.2) is 6.29 Å². The molecule has 0 aliphatic carbocycles. The molecule has 7 heteroatoms. The molecule has 3 unspecified atom stereocenters. The maximum Gasteiger partial charge on any atom is 0.168 e. The summed E-state index contributed by atoms with van der Waals surface area (Å²) in [4.78, 5) is 18.0. The molecule has 0 bridgehead atoms. The molecule has 5 rings (SSSR count). The number of carbonyl (C=O) groups excluding carboxylic acids is 1. The van der Waals surface area contributed by atoms with Crippen molar-refractivity contribution in [2.75, 3.05) is 32.6 Å². The highest BCUT2D eigenvalue weighted by Crippen LogP contribution is 2.36. The average molecular weight is 512 g/mol. The van der Waals surface area contributed by atoms with Crippen LogP contribution in [0.4, 0.5) is 5.69 Å². The van der Waals surface area contributed by atoms with Crippen LogP contribution in [0, 0.1) is 11.3 Å². The molecule has 2 N–H and O–H groups in total. The van der Waals surface area contributed by atoms with Crippen molar-refractivity contribution in [2.45, 2.75) is 50.7 Å². The first-order valence-electron chi connectivity index (χ1n) is 13.3. The predicted octanol–water partition coefficient (Wildman–Crippen LogP) is 5.44. The molecule has 2 aliphatic rings. The summed E-state index contributed by atoms with van der Waals surface area (Å²) in [5, 5.41) is 17.6. The zero-order valence-electron chi connectivity index (χ0n) is 22.5. The van der Waals surface area contributed by atoms with E-state index in [-0.39, 0.29) is 0 Å². The van der Waals surface area contributed by atoms with E-state index in [0.717, 1.165) is 46.4 Å². The van der Waals surface area contributed by atoms with Crippen LogP contribution in [0.15, 0.2) is 60.7 Å². The van der Waals surface area contributed by atoms with E-state index in [2.05, 4.69) is 41.1 Å². The quantitative estimate of drug-likeness (QED) is 0.308. The van der Waals surface area contributed by atoms with E-state index >= 15 is 0 Å². The second-order valence-corrected chi connectivity index (χ2v) is 9.91. The van der Waals surface area contributed by atoms with Crippen molar-refractivity contribution in [1.29, 1.82) is 5.26 Å². The smallest absolute Gasteiger partial charge is 0.168 e. The first-order chi connectivity index (χ1) is 18.5. The third-order valence-corrected chi connectivity index (χ3v) is 7.68. The Kier molecular flexibility index (Phi) is 9.11. The zero-order chi connectivity index (χ0) is 27.1. The molecule has 198 valence electrons. The van der Waals surface area contributed by atoms with Crippen molar-refractivity contribution in [3.8, 4) is 23.1 Å². The van der Waals surface area contributed by atoms with E-state index in [1.165, 1.54) is 32.2 Å². The fourth-order valence-corrected chi connectivity index (χ4v) is 5.44. The largest absolute Gasteiger partial charge is 0.495 e. The van der Waals surface area contributed by atoms with Crippen LogP contribution in [0.5, 0.6) is 5.75 Å². The number of nitrogens with zero attached hydrogens (tertiary/aromatic N) is 3. The van der Waals surface area contributed by atoms with Crippen molar-refractivity contribution < 1.29 is 9.53 Å². The molecule has 3 aromatic rings. The number of carbonyl (C=O) groups is 1. The molecule has 0 radical (unpaired) electrons. The Labute approximate surface area is 225 Å². The third kappa shape index (κ3) is 6.04. The minimum absolute atomic E-state index is 0.328. The maximum absolute atomic E-state index is 11.0. The maximum atomic E-state index is 11.0. The van der Waals surface area contributed by atoms with Gasteiger partial charge < -0.3 is 15.4 Å². The van der Waals surface area contributed by atoms with Gasteiger partial charge in [-0.2, -0.15) is 5.26 Å². The lowest BCUT2D eigenvalue weighted by atomic mass is 9.83. The van der Waals surface area contributed by atoms with Crippen LogP contribution >= 0.6 is 0 Å². The minimum atomic E-state index is 0.328. The molecule has 0 saturated carbocycles. The number of ether oxygens (including phenoxy) is 1. The van der Waals surface area contributed by atoms with E-state index in [1.54, 1.807) is 19.2 Å². The summed E-state index contributed by atoms with van der Waals surface area (Å²) in [5.41, 5.74) is 3.20. The topological polar surface area (TPSA) is 90.3 Å². The molecular weight excluding hydrogens is 474 g/mol. The van der Waals surface area contributed by atoms with Gasteiger partial charge >= 0.3 is 0 Å². The van der Waals surface area contributed by atoms with E-state index in [1.807, 2.05) is 42.5 Å². The first-order valence-corrected chi connectivity index (χ1v) is 13.3. The summed E-state index contributed by atoms with van der Waals surface area (Å²) >= 11 is 0. The van der Waals surface area contributed by atoms with Crippen LogP contribution in [-0.4, -0.2) is 61.5 Å². The highest BCUT2D eigenvalue weighted by atomic mass is 16.5. The number of aldehydes is 1. The lowest BCUT2D eigenvalue weighted by molar-refractivity contribution is -0.0111. The molecule has 3 heterocycles. The van der Waals surface area contributed by atoms with Crippen LogP contribution in [-0.2, 0) is 0 Å². The lowest BCUT2D eigenvalue weighted by Gasteiger charge is -2.52. The van der Waals surface area contributed by atoms with E-state index < -0.39 is 0 Å². The molecule has 38 heavy (non-hydrogen) atoms. The number of rotatable bonds is 8. The van der Waals surface area contributed by atoms with Crippen molar-refractivity contribution >= 4 is 22.7 Å². The summed E-state index contributed by atoms with van der Waals surface area (Å²) in [7, 11) is 3.70. The number of fused-ring (bicyclic) bond motifs is 2. The number of aromatic nitrogens is 1. The molecule has 3 atom stereocenters. The van der Waals surface area contributed by atoms with Gasteiger partial charge in [-0.25, -0.2) is 4.98 Å². The van der Waals surface area contributed by atoms with Crippen molar-refractivity contribution in [2.24, 2.45) is 0 Å². The number of hydrogen-bond donors (Lipinski definition) is 2. The van der Waals surface area contributed by atoms with Crippen LogP contribution < -0.4 is 15.4 Å². The molecule has 1 aromatic heterocycles. The van der Waals surface area contributed by atoms with Gasteiger partial charge in [-0.05, 0) is 62.4 Å². The SMILES string of the molecule is C=C(C#N)CNc1c(OC)ccc2ccc(-c3cccc(C=O)n3)cc12.CCC1CC(NC)CC2CCN12. The highest BCUT2D eigenvalue weighted by Gasteiger charge is 2.39. The molecule has 2 saturated heterocycles.